The number of nitrogens with one attached hydrogen (secondary N) is 1. The van der Waals surface area contributed by atoms with Crippen LogP contribution in [0.4, 0.5) is 26.3 Å². The zero-order valence-corrected chi connectivity index (χ0v) is 17.1. The maximum Gasteiger partial charge on any atom is 0.422 e. The lowest BCUT2D eigenvalue weighted by Gasteiger charge is -2.16. The first-order valence-electron chi connectivity index (χ1n) is 9.36. The molecule has 0 aliphatic rings. The number of nitrogens with zero attached hydrogens (tertiary/aromatic N) is 3. The van der Waals surface area contributed by atoms with Crippen molar-refractivity contribution in [2.75, 3.05) is 6.61 Å². The van der Waals surface area contributed by atoms with E-state index in [0.29, 0.717) is 22.3 Å². The van der Waals surface area contributed by atoms with E-state index in [2.05, 4.69) is 25.4 Å². The van der Waals surface area contributed by atoms with E-state index in [-0.39, 0.29) is 29.3 Å². The van der Waals surface area contributed by atoms with Crippen LogP contribution < -0.4 is 4.74 Å². The Morgan fingerprint density at radius 3 is 2.45 bits per heavy atom. The summed E-state index contributed by atoms with van der Waals surface area (Å²) in [5.74, 6) is -0.314. The summed E-state index contributed by atoms with van der Waals surface area (Å²) in [6.07, 6.45) is -9.24. The third kappa shape index (κ3) is 5.21. The van der Waals surface area contributed by atoms with E-state index in [1.807, 2.05) is 0 Å². The Balaban J connectivity index is 1.55. The molecule has 33 heavy (non-hydrogen) atoms. The molecular weight excluding hydrogens is 478 g/mol. The number of hydrogen-bond acceptors (Lipinski definition) is 5. The van der Waals surface area contributed by atoms with Gasteiger partial charge in [-0.1, -0.05) is 29.8 Å². The first kappa shape index (κ1) is 22.9. The summed E-state index contributed by atoms with van der Waals surface area (Å²) in [5, 5.41) is 14.4. The fourth-order valence-electron chi connectivity index (χ4n) is 3.20. The number of furan rings is 1. The molecule has 0 spiro atoms. The lowest BCUT2D eigenvalue weighted by molar-refractivity contribution is -0.158. The number of halogens is 7. The highest BCUT2D eigenvalue weighted by molar-refractivity contribution is 6.35. The van der Waals surface area contributed by atoms with E-state index >= 15 is 0 Å². The average molecular weight is 491 g/mol. The molecule has 6 nitrogen and oxygen atoms in total. The zero-order chi connectivity index (χ0) is 23.8. The van der Waals surface area contributed by atoms with E-state index in [1.54, 1.807) is 18.2 Å². The van der Waals surface area contributed by atoms with Crippen molar-refractivity contribution in [3.63, 3.8) is 0 Å². The molecule has 2 heterocycles. The molecule has 0 saturated carbocycles. The van der Waals surface area contributed by atoms with Gasteiger partial charge in [0.15, 0.2) is 18.0 Å². The van der Waals surface area contributed by atoms with Gasteiger partial charge in [0.2, 0.25) is 5.82 Å². The number of aromatic nitrogens is 4. The third-order valence-corrected chi connectivity index (χ3v) is 5.11. The lowest BCUT2D eigenvalue weighted by Crippen LogP contribution is -2.21. The monoisotopic (exact) mass is 490 g/mol. The number of aryl methyl sites for hydroxylation is 2. The van der Waals surface area contributed by atoms with Crippen molar-refractivity contribution in [1.82, 2.24) is 20.6 Å². The first-order valence-corrected chi connectivity index (χ1v) is 9.73. The summed E-state index contributed by atoms with van der Waals surface area (Å²) in [6.45, 7) is -1.82. The van der Waals surface area contributed by atoms with E-state index in [0.717, 1.165) is 12.1 Å². The number of H-pyrrole nitrogens is 1. The van der Waals surface area contributed by atoms with Gasteiger partial charge in [-0.05, 0) is 47.4 Å². The summed E-state index contributed by atoms with van der Waals surface area (Å²) in [7, 11) is 0. The summed E-state index contributed by atoms with van der Waals surface area (Å²) >= 11 is 6.43. The highest BCUT2D eigenvalue weighted by atomic mass is 35.5. The van der Waals surface area contributed by atoms with Gasteiger partial charge in [-0.25, -0.2) is 0 Å². The molecule has 0 atom stereocenters. The predicted octanol–water partition coefficient (Wildman–Crippen LogP) is 6.01. The van der Waals surface area contributed by atoms with Crippen molar-refractivity contribution in [2.24, 2.45) is 0 Å². The second-order valence-corrected chi connectivity index (χ2v) is 7.41. The Labute approximate surface area is 186 Å². The number of rotatable bonds is 6. The predicted molar refractivity (Wildman–Crippen MR) is 105 cm³/mol. The molecule has 0 bridgehead atoms. The average Bonchev–Trinajstić information content (AvgIpc) is 3.41. The van der Waals surface area contributed by atoms with Gasteiger partial charge in [-0.15, -0.1) is 10.2 Å². The second kappa shape index (κ2) is 8.58. The SMILES string of the molecule is FC(F)(F)COc1ccc(CCc2ccc3cc(-c4nn[nH]n4)oc3c2Cl)cc1C(F)(F)F. The molecule has 0 aliphatic heterocycles. The molecule has 4 rings (SSSR count). The summed E-state index contributed by atoms with van der Waals surface area (Å²) in [6, 6.07) is 8.07. The van der Waals surface area contributed by atoms with Gasteiger partial charge in [-0.3, -0.25) is 0 Å². The standard InChI is InChI=1S/C20H13ClF6N4O2/c21-16-11(4-5-12-8-15(33-17(12)16)18-28-30-31-29-18)3-1-10-2-6-14(32-9-19(22,23)24)13(7-10)20(25,26)27/h2,4-8H,1,3,9H2,(H,28,29,30,31). The minimum absolute atomic E-state index is 0.145. The summed E-state index contributed by atoms with van der Waals surface area (Å²) < 4.78 is 87.2. The maximum absolute atomic E-state index is 13.4. The molecule has 1 N–H and O–H groups in total. The number of ether oxygens (including phenoxy) is 1. The smallest absolute Gasteiger partial charge is 0.422 e. The number of benzene rings is 2. The maximum atomic E-state index is 13.4. The molecule has 0 radical (unpaired) electrons. The van der Waals surface area contributed by atoms with Crippen LogP contribution in [0.25, 0.3) is 22.6 Å². The third-order valence-electron chi connectivity index (χ3n) is 4.70. The Morgan fingerprint density at radius 1 is 1.00 bits per heavy atom. The van der Waals surface area contributed by atoms with E-state index in [1.165, 1.54) is 6.07 Å². The van der Waals surface area contributed by atoms with E-state index < -0.39 is 30.3 Å². The van der Waals surface area contributed by atoms with E-state index in [4.69, 9.17) is 16.0 Å². The molecule has 0 aliphatic carbocycles. The van der Waals surface area contributed by atoms with Gasteiger partial charge in [0.05, 0.1) is 10.6 Å². The van der Waals surface area contributed by atoms with Crippen LogP contribution in [0.1, 0.15) is 16.7 Å². The van der Waals surface area contributed by atoms with Crippen LogP contribution >= 0.6 is 11.6 Å². The Morgan fingerprint density at radius 2 is 1.79 bits per heavy atom. The van der Waals surface area contributed by atoms with Gasteiger partial charge in [-0.2, -0.15) is 31.6 Å². The molecule has 0 fully saturated rings. The number of alkyl halides is 6. The van der Waals surface area contributed by atoms with Crippen LogP contribution in [-0.2, 0) is 19.0 Å². The van der Waals surface area contributed by atoms with Crippen LogP contribution in [0.15, 0.2) is 40.8 Å². The molecule has 174 valence electrons. The van der Waals surface area contributed by atoms with E-state index in [9.17, 15) is 26.3 Å². The van der Waals surface area contributed by atoms with Crippen LogP contribution in [-0.4, -0.2) is 33.4 Å². The zero-order valence-electron chi connectivity index (χ0n) is 16.4. The number of hydrogen-bond donors (Lipinski definition) is 1. The van der Waals surface area contributed by atoms with Gasteiger partial charge in [0, 0.05) is 5.39 Å². The molecule has 2 aromatic carbocycles. The molecule has 0 saturated heterocycles. The molecular formula is C20H13ClF6N4O2. The van der Waals surface area contributed by atoms with Crippen LogP contribution in [0.3, 0.4) is 0 Å². The molecule has 4 aromatic rings. The number of aromatic amines is 1. The Hall–Kier alpha value is -3.28. The number of fused-ring (bicyclic) bond motifs is 1. The van der Waals surface area contributed by atoms with Crippen molar-refractivity contribution in [3.05, 3.63) is 58.1 Å². The molecule has 0 unspecified atom stereocenters. The summed E-state index contributed by atoms with van der Waals surface area (Å²) in [5.41, 5.74) is -0.0450. The van der Waals surface area contributed by atoms with Crippen molar-refractivity contribution >= 4 is 22.6 Å². The summed E-state index contributed by atoms with van der Waals surface area (Å²) in [4.78, 5) is 0. The topological polar surface area (TPSA) is 76.8 Å². The second-order valence-electron chi connectivity index (χ2n) is 7.04. The van der Waals surface area contributed by atoms with Crippen LogP contribution in [0.2, 0.25) is 5.02 Å². The first-order chi connectivity index (χ1) is 15.5. The van der Waals surface area contributed by atoms with Gasteiger partial charge in [0.25, 0.3) is 0 Å². The molecule has 13 heteroatoms. The Kier molecular flexibility index (Phi) is 5.95. The highest BCUT2D eigenvalue weighted by Gasteiger charge is 2.36. The van der Waals surface area contributed by atoms with Gasteiger partial charge in [0.1, 0.15) is 5.75 Å². The molecule has 2 aromatic heterocycles. The lowest BCUT2D eigenvalue weighted by atomic mass is 10.0. The highest BCUT2D eigenvalue weighted by Crippen LogP contribution is 2.38. The minimum Gasteiger partial charge on any atom is -0.483 e. The fraction of sp³-hybridized carbons (Fsp3) is 0.250. The Bertz CT molecular complexity index is 1270. The van der Waals surface area contributed by atoms with Crippen molar-refractivity contribution in [3.8, 4) is 17.3 Å². The quantitative estimate of drug-likeness (QED) is 0.335. The van der Waals surface area contributed by atoms with Crippen LogP contribution in [0.5, 0.6) is 5.75 Å². The van der Waals surface area contributed by atoms with Crippen molar-refractivity contribution in [1.29, 1.82) is 0 Å². The van der Waals surface area contributed by atoms with Crippen molar-refractivity contribution in [2.45, 2.75) is 25.2 Å². The minimum atomic E-state index is -4.88. The van der Waals surface area contributed by atoms with Gasteiger partial charge < -0.3 is 9.15 Å². The van der Waals surface area contributed by atoms with Crippen molar-refractivity contribution < 1.29 is 35.5 Å². The number of tetrazole rings is 1. The molecule has 0 amide bonds. The van der Waals surface area contributed by atoms with Gasteiger partial charge >= 0.3 is 12.4 Å². The van der Waals surface area contributed by atoms with Crippen LogP contribution in [0, 0.1) is 0 Å². The normalized spacial score (nSPS) is 12.5. The fourth-order valence-corrected chi connectivity index (χ4v) is 3.50. The largest absolute Gasteiger partial charge is 0.483 e.